The predicted octanol–water partition coefficient (Wildman–Crippen LogP) is 5.41. The third kappa shape index (κ3) is 23.4. The molecule has 0 rings (SSSR count). The second-order valence-corrected chi connectivity index (χ2v) is 11.6. The van der Waals surface area contributed by atoms with Gasteiger partial charge < -0.3 is 32.7 Å². The predicted molar refractivity (Wildman–Crippen MR) is 141 cm³/mol. The maximum Gasteiger partial charge on any atom is 0.472 e. The van der Waals surface area contributed by atoms with E-state index in [1.54, 1.807) is 0 Å². The van der Waals surface area contributed by atoms with Gasteiger partial charge in [0.15, 0.2) is 6.10 Å². The molecule has 0 amide bonds. The second kappa shape index (κ2) is 21.0. The molecule has 9 nitrogen and oxygen atoms in total. The molecule has 36 heavy (non-hydrogen) atoms. The maximum absolute atomic E-state index is 12.3. The van der Waals surface area contributed by atoms with Gasteiger partial charge in [0.05, 0.1) is 27.7 Å². The van der Waals surface area contributed by atoms with Crippen molar-refractivity contribution >= 4 is 19.8 Å². The van der Waals surface area contributed by atoms with Crippen LogP contribution in [0.25, 0.3) is 0 Å². The first-order valence-corrected chi connectivity index (χ1v) is 14.8. The van der Waals surface area contributed by atoms with Crippen molar-refractivity contribution in [1.29, 1.82) is 0 Å². The van der Waals surface area contributed by atoms with Gasteiger partial charge >= 0.3 is 19.8 Å². The minimum absolute atomic E-state index is 0.0271. The zero-order valence-electron chi connectivity index (χ0n) is 22.9. The van der Waals surface area contributed by atoms with Crippen LogP contribution in [0, 0.1) is 13.8 Å². The smallest absolute Gasteiger partial charge is 0.462 e. The summed E-state index contributed by atoms with van der Waals surface area (Å²) in [5.41, 5.74) is 0. The Morgan fingerprint density at radius 1 is 0.778 bits per heavy atom. The first kappa shape index (κ1) is 35.0. The lowest BCUT2D eigenvalue weighted by molar-refractivity contribution is -0.870. The molecule has 0 aromatic heterocycles. The molecule has 2 atom stereocenters. The summed E-state index contributed by atoms with van der Waals surface area (Å²) in [6.45, 7) is 7.51. The van der Waals surface area contributed by atoms with E-state index in [4.69, 9.17) is 18.5 Å². The van der Waals surface area contributed by atoms with Crippen molar-refractivity contribution in [2.75, 3.05) is 47.5 Å². The number of phosphoric ester groups is 1. The highest BCUT2D eigenvalue weighted by Gasteiger charge is 2.27. The number of esters is 2. The first-order chi connectivity index (χ1) is 17.0. The van der Waals surface area contributed by atoms with Gasteiger partial charge in [-0.05, 0) is 12.8 Å². The summed E-state index contributed by atoms with van der Waals surface area (Å²) in [7, 11) is 1.45. The minimum Gasteiger partial charge on any atom is -0.462 e. The Hall–Kier alpha value is -0.990. The average molecular weight is 537 g/mol. The Morgan fingerprint density at radius 3 is 1.81 bits per heavy atom. The van der Waals surface area contributed by atoms with Crippen LogP contribution in [0.5, 0.6) is 0 Å². The molecule has 0 fully saturated rings. The largest absolute Gasteiger partial charge is 0.472 e. The van der Waals surface area contributed by atoms with Crippen LogP contribution in [-0.4, -0.2) is 74.9 Å². The number of ether oxygens (including phenoxy) is 2. The SMILES string of the molecule is [CH2-]CCCCCCCCC(=O)OC[C@H](COP(=O)(O)OCC[N+](C)(C)C)OC(=O)CCCCCC[CH2-]. The van der Waals surface area contributed by atoms with E-state index in [1.807, 2.05) is 21.1 Å². The van der Waals surface area contributed by atoms with Gasteiger partial charge in [-0.2, -0.15) is 12.8 Å². The van der Waals surface area contributed by atoms with E-state index in [0.717, 1.165) is 70.6 Å². The molecule has 0 aliphatic rings. The third-order valence-electron chi connectivity index (χ3n) is 5.43. The van der Waals surface area contributed by atoms with Gasteiger partial charge in [-0.3, -0.25) is 18.6 Å². The summed E-state index contributed by atoms with van der Waals surface area (Å²) in [6.07, 6.45) is 11.0. The van der Waals surface area contributed by atoms with E-state index >= 15 is 0 Å². The molecule has 0 aliphatic heterocycles. The summed E-state index contributed by atoms with van der Waals surface area (Å²) in [5.74, 6) is -0.858. The topological polar surface area (TPSA) is 108 Å². The number of quaternary nitrogens is 1. The standard InChI is InChI=1S/C26H51NO8P/c1-6-8-10-12-13-15-16-18-25(28)32-22-24(35-26(29)19-17-14-11-9-7-2)23-34-36(30,31)33-21-20-27(3,4)5/h24H,1-2,6-23H2,3-5H3,(H,30,31)/q-1/t24-/m1/s1. The molecule has 0 aliphatic carbocycles. The zero-order chi connectivity index (χ0) is 27.3. The Balaban J connectivity index is 4.58. The Bertz CT molecular complexity index is 624. The number of rotatable bonds is 24. The van der Waals surface area contributed by atoms with Crippen molar-refractivity contribution in [2.45, 2.75) is 96.0 Å². The van der Waals surface area contributed by atoms with Gasteiger partial charge in [0.25, 0.3) is 0 Å². The van der Waals surface area contributed by atoms with E-state index in [0.29, 0.717) is 17.4 Å². The van der Waals surface area contributed by atoms with Crippen molar-refractivity contribution in [2.24, 2.45) is 0 Å². The van der Waals surface area contributed by atoms with Crippen LogP contribution in [0.15, 0.2) is 0 Å². The van der Waals surface area contributed by atoms with Crippen LogP contribution < -0.4 is 0 Å². The van der Waals surface area contributed by atoms with Gasteiger partial charge in [-0.25, -0.2) is 4.57 Å². The molecular weight excluding hydrogens is 485 g/mol. The highest BCUT2D eigenvalue weighted by atomic mass is 31.2. The molecule has 0 radical (unpaired) electrons. The Morgan fingerprint density at radius 2 is 1.28 bits per heavy atom. The van der Waals surface area contributed by atoms with Crippen LogP contribution >= 0.6 is 7.82 Å². The van der Waals surface area contributed by atoms with Crippen LogP contribution in [0.3, 0.4) is 0 Å². The third-order valence-corrected chi connectivity index (χ3v) is 6.41. The molecule has 0 saturated carbocycles. The van der Waals surface area contributed by atoms with Crippen LogP contribution in [0.1, 0.15) is 89.9 Å². The van der Waals surface area contributed by atoms with E-state index in [1.165, 1.54) is 0 Å². The normalized spacial score (nSPS) is 14.3. The van der Waals surface area contributed by atoms with Crippen molar-refractivity contribution in [3.8, 4) is 0 Å². The molecule has 0 bridgehead atoms. The summed E-state index contributed by atoms with van der Waals surface area (Å²) in [4.78, 5) is 34.4. The van der Waals surface area contributed by atoms with Gasteiger partial charge in [0.2, 0.25) is 0 Å². The van der Waals surface area contributed by atoms with Gasteiger partial charge in [-0.15, -0.1) is 0 Å². The lowest BCUT2D eigenvalue weighted by atomic mass is 10.1. The molecule has 10 heteroatoms. The number of nitrogens with zero attached hydrogens (tertiary/aromatic N) is 1. The highest BCUT2D eigenvalue weighted by Crippen LogP contribution is 2.43. The van der Waals surface area contributed by atoms with Crippen LogP contribution in [-0.2, 0) is 32.7 Å². The van der Waals surface area contributed by atoms with Crippen molar-refractivity contribution in [3.63, 3.8) is 0 Å². The number of unbranched alkanes of at least 4 members (excludes halogenated alkanes) is 10. The highest BCUT2D eigenvalue weighted by molar-refractivity contribution is 7.47. The second-order valence-electron chi connectivity index (χ2n) is 10.1. The van der Waals surface area contributed by atoms with Gasteiger partial charge in [-0.1, -0.05) is 51.4 Å². The molecule has 0 aromatic carbocycles. The molecule has 0 saturated heterocycles. The van der Waals surface area contributed by atoms with Crippen molar-refractivity contribution < 1.29 is 42.1 Å². The molecule has 1 N–H and O–H groups in total. The number of phosphoric acid groups is 1. The summed E-state index contributed by atoms with van der Waals surface area (Å²) >= 11 is 0. The Kier molecular flexibility index (Phi) is 20.4. The lowest BCUT2D eigenvalue weighted by Gasteiger charge is -2.24. The summed E-state index contributed by atoms with van der Waals surface area (Å²) in [5, 5.41) is 0. The van der Waals surface area contributed by atoms with Gasteiger partial charge in [0.1, 0.15) is 19.8 Å². The number of likely N-dealkylation sites (N-methyl/N-ethyl adjacent to an activating group) is 1. The zero-order valence-corrected chi connectivity index (χ0v) is 23.8. The van der Waals surface area contributed by atoms with Crippen molar-refractivity contribution in [1.82, 2.24) is 0 Å². The van der Waals surface area contributed by atoms with Crippen LogP contribution in [0.2, 0.25) is 0 Å². The number of hydrogen-bond acceptors (Lipinski definition) is 7. The Labute approximate surface area is 219 Å². The lowest BCUT2D eigenvalue weighted by Crippen LogP contribution is -2.37. The van der Waals surface area contributed by atoms with E-state index in [9.17, 15) is 19.0 Å². The van der Waals surface area contributed by atoms with E-state index in [-0.39, 0.29) is 26.1 Å². The quantitative estimate of drug-likeness (QED) is 0.0573. The molecule has 214 valence electrons. The molecule has 0 aromatic rings. The average Bonchev–Trinajstić information content (AvgIpc) is 2.79. The molecule has 1 unspecified atom stereocenters. The maximum atomic E-state index is 12.3. The first-order valence-electron chi connectivity index (χ1n) is 13.3. The summed E-state index contributed by atoms with van der Waals surface area (Å²) < 4.78 is 33.5. The number of hydrogen-bond donors (Lipinski definition) is 1. The fraction of sp³-hybridized carbons (Fsp3) is 0.846. The van der Waals surface area contributed by atoms with Gasteiger partial charge in [0, 0.05) is 12.8 Å². The van der Waals surface area contributed by atoms with E-state index in [2.05, 4.69) is 13.8 Å². The monoisotopic (exact) mass is 536 g/mol. The fourth-order valence-corrected chi connectivity index (χ4v) is 3.96. The molecule has 0 spiro atoms. The van der Waals surface area contributed by atoms with Crippen molar-refractivity contribution in [3.05, 3.63) is 13.8 Å². The summed E-state index contributed by atoms with van der Waals surface area (Å²) in [6, 6.07) is 0. The molecule has 0 heterocycles. The minimum atomic E-state index is -4.34. The number of carbonyl (C=O) groups excluding carboxylic acids is 2. The van der Waals surface area contributed by atoms with Crippen LogP contribution in [0.4, 0.5) is 0 Å². The molecular formula is C26H51NO8P-. The van der Waals surface area contributed by atoms with E-state index < -0.39 is 32.5 Å². The number of carbonyl (C=O) groups is 2. The fourth-order valence-electron chi connectivity index (χ4n) is 3.22.